The van der Waals surface area contributed by atoms with Gasteiger partial charge in [-0.1, -0.05) is 0 Å². The summed E-state index contributed by atoms with van der Waals surface area (Å²) >= 11 is 1.56. The molecule has 0 saturated carbocycles. The quantitative estimate of drug-likeness (QED) is 0.633. The highest BCUT2D eigenvalue weighted by Gasteiger charge is 2.04. The van der Waals surface area contributed by atoms with E-state index in [4.69, 9.17) is 4.74 Å². The van der Waals surface area contributed by atoms with Gasteiger partial charge in [0.25, 0.3) is 0 Å². The smallest absolute Gasteiger partial charge is 0.137 e. The van der Waals surface area contributed by atoms with Gasteiger partial charge in [-0.3, -0.25) is 9.97 Å². The minimum Gasteiger partial charge on any atom is -0.492 e. The first-order valence-corrected chi connectivity index (χ1v) is 7.18. The molecule has 0 bridgehead atoms. The molecule has 0 radical (unpaired) electrons. The predicted octanol–water partition coefficient (Wildman–Crippen LogP) is 3.32. The zero-order valence-corrected chi connectivity index (χ0v) is 11.7. The number of nitrogens with zero attached hydrogens (tertiary/aromatic N) is 3. The molecule has 0 unspecified atom stereocenters. The van der Waals surface area contributed by atoms with Crippen LogP contribution in [0, 0.1) is 0 Å². The van der Waals surface area contributed by atoms with Crippen molar-refractivity contribution in [1.82, 2.24) is 9.97 Å². The monoisotopic (exact) mass is 273 g/mol. The van der Waals surface area contributed by atoms with E-state index in [9.17, 15) is 0 Å². The number of hydrogen-bond acceptors (Lipinski definition) is 5. The van der Waals surface area contributed by atoms with E-state index in [1.54, 1.807) is 30.4 Å². The maximum Gasteiger partial charge on any atom is 0.137 e. The van der Waals surface area contributed by atoms with Crippen LogP contribution in [0.1, 0.15) is 12.6 Å². The van der Waals surface area contributed by atoms with Gasteiger partial charge in [0.05, 0.1) is 30.4 Å². The van der Waals surface area contributed by atoms with Gasteiger partial charge in [0.15, 0.2) is 0 Å². The van der Waals surface area contributed by atoms with Gasteiger partial charge in [0.2, 0.25) is 0 Å². The van der Waals surface area contributed by atoms with Gasteiger partial charge in [-0.15, -0.1) is 11.8 Å². The molecule has 5 heteroatoms. The lowest BCUT2D eigenvalue weighted by Crippen LogP contribution is -1.99. The van der Waals surface area contributed by atoms with E-state index in [0.29, 0.717) is 6.61 Å². The molecule has 0 atom stereocenters. The Morgan fingerprint density at radius 3 is 2.79 bits per heavy atom. The third-order valence-electron chi connectivity index (χ3n) is 2.34. The van der Waals surface area contributed by atoms with Gasteiger partial charge in [-0.05, 0) is 37.4 Å². The zero-order valence-electron chi connectivity index (χ0n) is 10.9. The molecule has 0 aliphatic heterocycles. The number of ether oxygens (including phenoxy) is 1. The van der Waals surface area contributed by atoms with Crippen LogP contribution in [0.5, 0.6) is 5.75 Å². The molecule has 2 aromatic rings. The first kappa shape index (κ1) is 13.5. The van der Waals surface area contributed by atoms with Crippen molar-refractivity contribution in [1.29, 1.82) is 0 Å². The number of aromatic nitrogens is 2. The third-order valence-corrected chi connectivity index (χ3v) is 3.02. The van der Waals surface area contributed by atoms with E-state index in [-0.39, 0.29) is 0 Å². The van der Waals surface area contributed by atoms with Gasteiger partial charge in [0, 0.05) is 6.20 Å². The van der Waals surface area contributed by atoms with Crippen LogP contribution < -0.4 is 4.74 Å². The van der Waals surface area contributed by atoms with Crippen molar-refractivity contribution in [3.63, 3.8) is 0 Å². The Balaban J connectivity index is 2.24. The van der Waals surface area contributed by atoms with E-state index in [1.165, 1.54) is 0 Å². The van der Waals surface area contributed by atoms with Crippen molar-refractivity contribution in [3.05, 3.63) is 48.5 Å². The van der Waals surface area contributed by atoms with Crippen molar-refractivity contribution >= 4 is 22.5 Å². The van der Waals surface area contributed by atoms with Crippen LogP contribution >= 0.6 is 11.8 Å². The summed E-state index contributed by atoms with van der Waals surface area (Å²) in [5, 5.41) is 0.857. The van der Waals surface area contributed by atoms with E-state index >= 15 is 0 Å². The Labute approximate surface area is 117 Å². The summed E-state index contributed by atoms with van der Waals surface area (Å²) in [5.41, 5.74) is 1.65. The summed E-state index contributed by atoms with van der Waals surface area (Å²) in [6, 6.07) is 7.59. The molecule has 0 amide bonds. The van der Waals surface area contributed by atoms with Gasteiger partial charge in [-0.25, -0.2) is 4.99 Å². The van der Waals surface area contributed by atoms with Crippen molar-refractivity contribution in [3.8, 4) is 5.75 Å². The number of pyridine rings is 2. The van der Waals surface area contributed by atoms with Crippen LogP contribution in [0.2, 0.25) is 0 Å². The minimum atomic E-state index is 0.639. The van der Waals surface area contributed by atoms with Gasteiger partial charge in [0.1, 0.15) is 10.8 Å². The molecular weight excluding hydrogens is 258 g/mol. The summed E-state index contributed by atoms with van der Waals surface area (Å²) in [6.45, 7) is 2.59. The topological polar surface area (TPSA) is 47.4 Å². The fourth-order valence-electron chi connectivity index (χ4n) is 1.50. The lowest BCUT2D eigenvalue weighted by atomic mass is 10.3. The van der Waals surface area contributed by atoms with E-state index < -0.39 is 0 Å². The second-order valence-corrected chi connectivity index (χ2v) is 4.44. The molecule has 2 rings (SSSR count). The molecule has 0 saturated heterocycles. The molecule has 0 aliphatic carbocycles. The average molecular weight is 273 g/mol. The number of thioether (sulfide) groups is 1. The Kier molecular flexibility index (Phi) is 4.92. The third kappa shape index (κ3) is 3.79. The molecule has 0 aromatic carbocycles. The van der Waals surface area contributed by atoms with Crippen LogP contribution in [0.15, 0.2) is 47.8 Å². The maximum atomic E-state index is 5.37. The first-order valence-electron chi connectivity index (χ1n) is 5.95. The number of rotatable bonds is 4. The molecule has 2 heterocycles. The largest absolute Gasteiger partial charge is 0.492 e. The SMILES string of the molecule is CCOc1ccc(/C(=N/c2cccnc2)SC)nc1. The Bertz CT molecular complexity index is 540. The molecule has 98 valence electrons. The standard InChI is InChI=1S/C14H15N3OS/c1-3-18-12-6-7-13(16-10-12)14(19-2)17-11-5-4-8-15-9-11/h4-10H,3H2,1-2H3/b17-14-. The highest BCUT2D eigenvalue weighted by atomic mass is 32.2. The molecule has 0 N–H and O–H groups in total. The number of hydrogen-bond donors (Lipinski definition) is 0. The lowest BCUT2D eigenvalue weighted by molar-refractivity contribution is 0.339. The summed E-state index contributed by atoms with van der Waals surface area (Å²) < 4.78 is 5.37. The highest BCUT2D eigenvalue weighted by Crippen LogP contribution is 2.18. The van der Waals surface area contributed by atoms with Crippen LogP contribution in [-0.2, 0) is 0 Å². The van der Waals surface area contributed by atoms with E-state index in [0.717, 1.165) is 22.2 Å². The van der Waals surface area contributed by atoms with Gasteiger partial charge < -0.3 is 4.74 Å². The Morgan fingerprint density at radius 1 is 1.32 bits per heavy atom. The fourth-order valence-corrected chi connectivity index (χ4v) is 2.03. The Morgan fingerprint density at radius 2 is 2.21 bits per heavy atom. The van der Waals surface area contributed by atoms with Gasteiger partial charge >= 0.3 is 0 Å². The summed E-state index contributed by atoms with van der Waals surface area (Å²) in [6.07, 6.45) is 7.15. The lowest BCUT2D eigenvalue weighted by Gasteiger charge is -2.05. The first-order chi connectivity index (χ1) is 9.33. The highest BCUT2D eigenvalue weighted by molar-refractivity contribution is 8.13. The fraction of sp³-hybridized carbons (Fsp3) is 0.214. The minimum absolute atomic E-state index is 0.639. The van der Waals surface area contributed by atoms with Crippen molar-refractivity contribution in [2.75, 3.05) is 12.9 Å². The van der Waals surface area contributed by atoms with Crippen molar-refractivity contribution in [2.45, 2.75) is 6.92 Å². The van der Waals surface area contributed by atoms with Crippen LogP contribution in [-0.4, -0.2) is 27.9 Å². The number of aliphatic imine (C=N–C) groups is 1. The van der Waals surface area contributed by atoms with E-state index in [1.807, 2.05) is 37.4 Å². The molecule has 4 nitrogen and oxygen atoms in total. The summed E-state index contributed by atoms with van der Waals surface area (Å²) in [7, 11) is 0. The zero-order chi connectivity index (χ0) is 13.5. The second kappa shape index (κ2) is 6.89. The predicted molar refractivity (Wildman–Crippen MR) is 79.4 cm³/mol. The summed E-state index contributed by atoms with van der Waals surface area (Å²) in [5.74, 6) is 0.771. The average Bonchev–Trinajstić information content (AvgIpc) is 2.47. The molecule has 0 spiro atoms. The van der Waals surface area contributed by atoms with Crippen molar-refractivity contribution in [2.24, 2.45) is 4.99 Å². The molecule has 2 aromatic heterocycles. The van der Waals surface area contributed by atoms with E-state index in [2.05, 4.69) is 15.0 Å². The van der Waals surface area contributed by atoms with Crippen molar-refractivity contribution < 1.29 is 4.74 Å². The summed E-state index contributed by atoms with van der Waals surface area (Å²) in [4.78, 5) is 13.0. The molecule has 0 aliphatic rings. The van der Waals surface area contributed by atoms with Crippen LogP contribution in [0.3, 0.4) is 0 Å². The van der Waals surface area contributed by atoms with Crippen LogP contribution in [0.25, 0.3) is 0 Å². The molecule has 19 heavy (non-hydrogen) atoms. The Hall–Kier alpha value is -1.88. The maximum absolute atomic E-state index is 5.37. The molecule has 0 fully saturated rings. The molecular formula is C14H15N3OS. The normalized spacial score (nSPS) is 11.4. The van der Waals surface area contributed by atoms with Crippen LogP contribution in [0.4, 0.5) is 5.69 Å². The van der Waals surface area contributed by atoms with Gasteiger partial charge in [-0.2, -0.15) is 0 Å². The second-order valence-electron chi connectivity index (χ2n) is 3.64.